The molecule has 0 unspecified atom stereocenters. The molecule has 3 rings (SSSR count). The van der Waals surface area contributed by atoms with E-state index in [1.54, 1.807) is 13.2 Å². The van der Waals surface area contributed by atoms with Gasteiger partial charge in [0.1, 0.15) is 0 Å². The Morgan fingerprint density at radius 1 is 1.09 bits per heavy atom. The van der Waals surface area contributed by atoms with Crippen molar-refractivity contribution in [3.05, 3.63) is 65.0 Å². The van der Waals surface area contributed by atoms with Gasteiger partial charge < -0.3 is 9.47 Å². The van der Waals surface area contributed by atoms with Crippen LogP contribution in [-0.2, 0) is 4.79 Å². The molecule has 6 heteroatoms. The lowest BCUT2D eigenvalue weighted by molar-refractivity contribution is -0.111. The van der Waals surface area contributed by atoms with E-state index in [9.17, 15) is 4.79 Å². The Bertz CT molecular complexity index is 1040. The molecule has 168 valence electrons. The van der Waals surface area contributed by atoms with E-state index in [2.05, 4.69) is 17.2 Å². The zero-order valence-corrected chi connectivity index (χ0v) is 19.7. The highest BCUT2D eigenvalue weighted by Crippen LogP contribution is 2.31. The van der Waals surface area contributed by atoms with Crippen LogP contribution in [0, 0.1) is 6.92 Å². The van der Waals surface area contributed by atoms with Crippen molar-refractivity contribution in [2.75, 3.05) is 19.0 Å². The number of carbonyl (C=O) groups is 1. The number of aryl methyl sites for hydroxylation is 1. The number of carbonyl (C=O) groups excluding carboxylic acids is 1. The van der Waals surface area contributed by atoms with E-state index in [0.29, 0.717) is 17.5 Å². The number of nitrogens with one attached hydrogen (secondary N) is 1. The number of nitrogens with zero attached hydrogens (tertiary/aromatic N) is 1. The molecule has 1 amide bonds. The van der Waals surface area contributed by atoms with E-state index in [4.69, 9.17) is 9.47 Å². The molecule has 1 heterocycles. The van der Waals surface area contributed by atoms with Gasteiger partial charge in [-0.25, -0.2) is 4.98 Å². The summed E-state index contributed by atoms with van der Waals surface area (Å²) in [6, 6.07) is 15.6. The number of unbranched alkanes of at least 4 members (excludes halogenated alkanes) is 3. The molecule has 0 aliphatic heterocycles. The molecule has 0 saturated heterocycles. The number of hydrogen-bond acceptors (Lipinski definition) is 5. The second kappa shape index (κ2) is 12.1. The average Bonchev–Trinajstić information content (AvgIpc) is 3.18. The van der Waals surface area contributed by atoms with E-state index in [-0.39, 0.29) is 5.91 Å². The topological polar surface area (TPSA) is 60.5 Å². The third-order valence-electron chi connectivity index (χ3n) is 4.94. The number of ether oxygens (including phenoxy) is 2. The van der Waals surface area contributed by atoms with Gasteiger partial charge in [-0.1, -0.05) is 62.6 Å². The van der Waals surface area contributed by atoms with Crippen molar-refractivity contribution in [3.8, 4) is 22.8 Å². The smallest absolute Gasteiger partial charge is 0.250 e. The molecular formula is C26H30N2O3S. The normalized spacial score (nSPS) is 11.0. The number of hydrogen-bond donors (Lipinski definition) is 1. The summed E-state index contributed by atoms with van der Waals surface area (Å²) in [5, 5.41) is 3.44. The largest absolute Gasteiger partial charge is 0.493 e. The summed E-state index contributed by atoms with van der Waals surface area (Å²) in [6.45, 7) is 4.87. The molecule has 0 bridgehead atoms. The van der Waals surface area contributed by atoms with Crippen LogP contribution in [0.5, 0.6) is 11.5 Å². The summed E-state index contributed by atoms with van der Waals surface area (Å²) in [7, 11) is 1.62. The standard InChI is InChI=1S/C26H30N2O3S/c1-4-5-6-10-17-31-22-15-13-20(18-23(22)30-3)14-16-24(29)27-26-28-25(19(2)32-26)21-11-8-7-9-12-21/h7-9,11-16,18H,4-6,10,17H2,1-3H3,(H,27,28,29)/b16-14+. The first-order valence-corrected chi connectivity index (χ1v) is 11.7. The van der Waals surface area contributed by atoms with Gasteiger partial charge in [0, 0.05) is 16.5 Å². The first kappa shape index (κ1) is 23.5. The van der Waals surface area contributed by atoms with Crippen molar-refractivity contribution >= 4 is 28.5 Å². The average molecular weight is 451 g/mol. The summed E-state index contributed by atoms with van der Waals surface area (Å²) < 4.78 is 11.3. The van der Waals surface area contributed by atoms with Crippen molar-refractivity contribution in [2.45, 2.75) is 39.5 Å². The predicted octanol–water partition coefficient (Wildman–Crippen LogP) is 6.74. The third-order valence-corrected chi connectivity index (χ3v) is 5.83. The predicted molar refractivity (Wildman–Crippen MR) is 133 cm³/mol. The lowest BCUT2D eigenvalue weighted by atomic mass is 10.1. The van der Waals surface area contributed by atoms with Crippen LogP contribution >= 0.6 is 11.3 Å². The van der Waals surface area contributed by atoms with Crippen molar-refractivity contribution in [1.82, 2.24) is 4.98 Å². The molecule has 0 saturated carbocycles. The van der Waals surface area contributed by atoms with Crippen LogP contribution in [0.1, 0.15) is 43.0 Å². The molecule has 1 N–H and O–H groups in total. The molecule has 0 spiro atoms. The number of benzene rings is 2. The summed E-state index contributed by atoms with van der Waals surface area (Å²) >= 11 is 1.47. The molecule has 0 atom stereocenters. The monoisotopic (exact) mass is 450 g/mol. The van der Waals surface area contributed by atoms with Gasteiger partial charge in [0.25, 0.3) is 0 Å². The first-order valence-electron chi connectivity index (χ1n) is 10.9. The van der Waals surface area contributed by atoms with E-state index in [1.165, 1.54) is 36.7 Å². The minimum Gasteiger partial charge on any atom is -0.493 e. The molecule has 2 aromatic carbocycles. The maximum Gasteiger partial charge on any atom is 0.250 e. The van der Waals surface area contributed by atoms with Crippen molar-refractivity contribution in [1.29, 1.82) is 0 Å². The number of thiazole rings is 1. The fourth-order valence-corrected chi connectivity index (χ4v) is 4.09. The third kappa shape index (κ3) is 6.69. The van der Waals surface area contributed by atoms with E-state index >= 15 is 0 Å². The summed E-state index contributed by atoms with van der Waals surface area (Å²) in [4.78, 5) is 18.0. The van der Waals surface area contributed by atoms with E-state index in [1.807, 2.05) is 55.5 Å². The second-order valence-electron chi connectivity index (χ2n) is 7.43. The highest BCUT2D eigenvalue weighted by Gasteiger charge is 2.11. The van der Waals surface area contributed by atoms with Gasteiger partial charge in [-0.2, -0.15) is 0 Å². The number of aromatic nitrogens is 1. The zero-order valence-electron chi connectivity index (χ0n) is 18.9. The van der Waals surface area contributed by atoms with Crippen LogP contribution in [0.4, 0.5) is 5.13 Å². The van der Waals surface area contributed by atoms with Crippen LogP contribution in [0.3, 0.4) is 0 Å². The molecule has 5 nitrogen and oxygen atoms in total. The summed E-state index contributed by atoms with van der Waals surface area (Å²) in [5.74, 6) is 1.15. The second-order valence-corrected chi connectivity index (χ2v) is 8.64. The highest BCUT2D eigenvalue weighted by molar-refractivity contribution is 7.16. The maximum atomic E-state index is 12.4. The Kier molecular flexibility index (Phi) is 8.87. The van der Waals surface area contributed by atoms with Crippen LogP contribution in [0.25, 0.3) is 17.3 Å². The van der Waals surface area contributed by atoms with E-state index < -0.39 is 0 Å². The molecule has 3 aromatic rings. The lowest BCUT2D eigenvalue weighted by Crippen LogP contribution is -2.07. The summed E-state index contributed by atoms with van der Waals surface area (Å²) in [6.07, 6.45) is 7.87. The van der Waals surface area contributed by atoms with Crippen LogP contribution in [0.15, 0.2) is 54.6 Å². The Hall–Kier alpha value is -3.12. The number of amides is 1. The Balaban J connectivity index is 1.59. The van der Waals surface area contributed by atoms with Gasteiger partial charge in [0.2, 0.25) is 5.91 Å². The minimum absolute atomic E-state index is 0.228. The lowest BCUT2D eigenvalue weighted by Gasteiger charge is -2.11. The van der Waals surface area contributed by atoms with Gasteiger partial charge in [-0.15, -0.1) is 11.3 Å². The van der Waals surface area contributed by atoms with Crippen molar-refractivity contribution in [3.63, 3.8) is 0 Å². The molecular weight excluding hydrogens is 420 g/mol. The molecule has 32 heavy (non-hydrogen) atoms. The van der Waals surface area contributed by atoms with Crippen LogP contribution < -0.4 is 14.8 Å². The molecule has 0 aliphatic rings. The Morgan fingerprint density at radius 2 is 1.91 bits per heavy atom. The van der Waals surface area contributed by atoms with Gasteiger partial charge in [-0.3, -0.25) is 10.1 Å². The van der Waals surface area contributed by atoms with Crippen molar-refractivity contribution < 1.29 is 14.3 Å². The Labute approximate surface area is 194 Å². The first-order chi connectivity index (χ1) is 15.6. The molecule has 1 aromatic heterocycles. The van der Waals surface area contributed by atoms with Gasteiger partial charge in [-0.05, 0) is 37.1 Å². The quantitative estimate of drug-likeness (QED) is 0.260. The highest BCUT2D eigenvalue weighted by atomic mass is 32.1. The van der Waals surface area contributed by atoms with Gasteiger partial charge >= 0.3 is 0 Å². The zero-order chi connectivity index (χ0) is 22.8. The van der Waals surface area contributed by atoms with Crippen molar-refractivity contribution in [2.24, 2.45) is 0 Å². The Morgan fingerprint density at radius 3 is 2.66 bits per heavy atom. The number of methoxy groups -OCH3 is 1. The fraction of sp³-hybridized carbons (Fsp3) is 0.308. The van der Waals surface area contributed by atoms with Crippen LogP contribution in [-0.4, -0.2) is 24.6 Å². The molecule has 0 aliphatic carbocycles. The number of anilines is 1. The number of rotatable bonds is 11. The van der Waals surface area contributed by atoms with E-state index in [0.717, 1.165) is 33.9 Å². The van der Waals surface area contributed by atoms with Gasteiger partial charge in [0.15, 0.2) is 16.6 Å². The SMILES string of the molecule is CCCCCCOc1ccc(/C=C/C(=O)Nc2nc(-c3ccccc3)c(C)s2)cc1OC. The molecule has 0 radical (unpaired) electrons. The fourth-order valence-electron chi connectivity index (χ4n) is 3.25. The molecule has 0 fully saturated rings. The van der Waals surface area contributed by atoms with Crippen LogP contribution in [0.2, 0.25) is 0 Å². The van der Waals surface area contributed by atoms with Gasteiger partial charge in [0.05, 0.1) is 19.4 Å². The maximum absolute atomic E-state index is 12.4. The summed E-state index contributed by atoms with van der Waals surface area (Å²) in [5.41, 5.74) is 2.79. The minimum atomic E-state index is -0.228.